The van der Waals surface area contributed by atoms with Crippen LogP contribution in [0.5, 0.6) is 0 Å². The van der Waals surface area contributed by atoms with E-state index in [1.54, 1.807) is 13.0 Å². The average molecular weight is 357 g/mol. The minimum absolute atomic E-state index is 0.00415. The molecule has 4 rings (SSSR count). The quantitative estimate of drug-likeness (QED) is 0.873. The van der Waals surface area contributed by atoms with Crippen LogP contribution in [0.2, 0.25) is 0 Å². The predicted molar refractivity (Wildman–Crippen MR) is 94.1 cm³/mol. The zero-order valence-electron chi connectivity index (χ0n) is 15.2. The van der Waals surface area contributed by atoms with E-state index in [4.69, 9.17) is 5.26 Å². The number of anilines is 1. The van der Waals surface area contributed by atoms with Crippen molar-refractivity contribution in [3.8, 4) is 6.07 Å². The van der Waals surface area contributed by atoms with E-state index in [1.807, 2.05) is 6.92 Å². The lowest BCUT2D eigenvalue weighted by Crippen LogP contribution is -2.51. The molecule has 2 aliphatic carbocycles. The molecule has 1 aliphatic heterocycles. The van der Waals surface area contributed by atoms with E-state index in [0.717, 1.165) is 38.2 Å². The van der Waals surface area contributed by atoms with E-state index in [0.29, 0.717) is 23.9 Å². The third kappa shape index (κ3) is 3.13. The van der Waals surface area contributed by atoms with Gasteiger partial charge in [0.15, 0.2) is 0 Å². The molecule has 0 bridgehead atoms. The molecule has 2 heterocycles. The molecular formula is C19H24FN5O. The second kappa shape index (κ2) is 6.19. The Morgan fingerprint density at radius 1 is 1.46 bits per heavy atom. The van der Waals surface area contributed by atoms with Gasteiger partial charge in [-0.2, -0.15) is 5.26 Å². The van der Waals surface area contributed by atoms with Gasteiger partial charge in [-0.05, 0) is 45.4 Å². The number of nitriles is 1. The first-order valence-corrected chi connectivity index (χ1v) is 9.34. The van der Waals surface area contributed by atoms with Crippen molar-refractivity contribution < 1.29 is 9.18 Å². The summed E-state index contributed by atoms with van der Waals surface area (Å²) >= 11 is 0. The van der Waals surface area contributed by atoms with Gasteiger partial charge in [0.1, 0.15) is 29.6 Å². The molecule has 3 fully saturated rings. The van der Waals surface area contributed by atoms with Gasteiger partial charge in [0.2, 0.25) is 5.91 Å². The molecule has 1 saturated heterocycles. The molecule has 1 aromatic heterocycles. The van der Waals surface area contributed by atoms with E-state index in [-0.39, 0.29) is 23.3 Å². The van der Waals surface area contributed by atoms with Crippen molar-refractivity contribution in [1.82, 2.24) is 15.3 Å². The molecule has 6 nitrogen and oxygen atoms in total. The van der Waals surface area contributed by atoms with Crippen molar-refractivity contribution >= 4 is 11.7 Å². The van der Waals surface area contributed by atoms with Crippen LogP contribution in [0.4, 0.5) is 10.2 Å². The number of hydrogen-bond donors (Lipinski definition) is 1. The van der Waals surface area contributed by atoms with Crippen LogP contribution < -0.4 is 10.2 Å². The Morgan fingerprint density at radius 2 is 2.15 bits per heavy atom. The Kier molecular flexibility index (Phi) is 4.09. The molecule has 1 spiro atoms. The van der Waals surface area contributed by atoms with Crippen LogP contribution in [0.3, 0.4) is 0 Å². The Morgan fingerprint density at radius 3 is 2.77 bits per heavy atom. The number of nitrogens with one attached hydrogen (secondary N) is 1. The first-order valence-electron chi connectivity index (χ1n) is 9.34. The molecule has 2 unspecified atom stereocenters. The summed E-state index contributed by atoms with van der Waals surface area (Å²) in [5.74, 6) is 1.99. The highest BCUT2D eigenvalue weighted by Gasteiger charge is 2.63. The summed E-state index contributed by atoms with van der Waals surface area (Å²) in [4.78, 5) is 22.9. The lowest BCUT2D eigenvalue weighted by molar-refractivity contribution is -0.130. The molecule has 0 radical (unpaired) electrons. The highest BCUT2D eigenvalue weighted by atomic mass is 19.1. The van der Waals surface area contributed by atoms with Gasteiger partial charge in [0.25, 0.3) is 0 Å². The molecule has 138 valence electrons. The maximum atomic E-state index is 13.2. The average Bonchev–Trinajstić information content (AvgIpc) is 3.19. The Labute approximate surface area is 152 Å². The normalized spacial score (nSPS) is 30.9. The SMILES string of the molecule is Cc1nc(C#N)cc(N2CC(CC(C)NC(=O)C3CC4(C3)CC4F)C2)n1. The van der Waals surface area contributed by atoms with Gasteiger partial charge in [0.05, 0.1) is 0 Å². The number of aryl methyl sites for hydroxylation is 1. The number of carbonyl (C=O) groups excluding carboxylic acids is 1. The molecule has 2 saturated carbocycles. The topological polar surface area (TPSA) is 81.9 Å². The van der Waals surface area contributed by atoms with E-state index in [1.165, 1.54) is 0 Å². The van der Waals surface area contributed by atoms with E-state index >= 15 is 0 Å². The summed E-state index contributed by atoms with van der Waals surface area (Å²) in [7, 11) is 0. The van der Waals surface area contributed by atoms with Crippen molar-refractivity contribution in [3.05, 3.63) is 17.6 Å². The summed E-state index contributed by atoms with van der Waals surface area (Å²) < 4.78 is 13.2. The fourth-order valence-electron chi connectivity index (χ4n) is 4.42. The zero-order valence-corrected chi connectivity index (χ0v) is 15.2. The first-order chi connectivity index (χ1) is 12.4. The highest BCUT2D eigenvalue weighted by Crippen LogP contribution is 2.64. The Hall–Kier alpha value is -2.23. The van der Waals surface area contributed by atoms with Gasteiger partial charge < -0.3 is 10.2 Å². The molecule has 0 aromatic carbocycles. The van der Waals surface area contributed by atoms with Crippen LogP contribution in [0, 0.1) is 35.5 Å². The van der Waals surface area contributed by atoms with Gasteiger partial charge in [-0.25, -0.2) is 14.4 Å². The van der Waals surface area contributed by atoms with Crippen LogP contribution in [0.1, 0.15) is 44.1 Å². The van der Waals surface area contributed by atoms with Crippen LogP contribution >= 0.6 is 0 Å². The molecule has 1 aromatic rings. The summed E-state index contributed by atoms with van der Waals surface area (Å²) in [5, 5.41) is 12.1. The van der Waals surface area contributed by atoms with Gasteiger partial charge >= 0.3 is 0 Å². The molecule has 1 amide bonds. The summed E-state index contributed by atoms with van der Waals surface area (Å²) in [5.41, 5.74) is 0.263. The van der Waals surface area contributed by atoms with Gasteiger partial charge in [-0.3, -0.25) is 4.79 Å². The largest absolute Gasteiger partial charge is 0.356 e. The second-order valence-electron chi connectivity index (χ2n) is 8.33. The first kappa shape index (κ1) is 17.2. The number of hydrogen-bond acceptors (Lipinski definition) is 5. The van der Waals surface area contributed by atoms with E-state index < -0.39 is 6.17 Å². The van der Waals surface area contributed by atoms with Crippen LogP contribution in [0.25, 0.3) is 0 Å². The maximum absolute atomic E-state index is 13.2. The van der Waals surface area contributed by atoms with Crippen LogP contribution in [-0.4, -0.2) is 41.2 Å². The number of carbonyl (C=O) groups is 1. The van der Waals surface area contributed by atoms with Crippen molar-refractivity contribution in [2.45, 2.75) is 51.7 Å². The van der Waals surface area contributed by atoms with Crippen molar-refractivity contribution in [1.29, 1.82) is 5.26 Å². The summed E-state index contributed by atoms with van der Waals surface area (Å²) in [6, 6.07) is 3.90. The van der Waals surface area contributed by atoms with Crippen LogP contribution in [-0.2, 0) is 4.79 Å². The van der Waals surface area contributed by atoms with Gasteiger partial charge in [0, 0.05) is 36.5 Å². The van der Waals surface area contributed by atoms with Gasteiger partial charge in [-0.15, -0.1) is 0 Å². The van der Waals surface area contributed by atoms with Crippen LogP contribution in [0.15, 0.2) is 6.07 Å². The van der Waals surface area contributed by atoms with Crippen molar-refractivity contribution in [2.24, 2.45) is 17.3 Å². The molecule has 7 heteroatoms. The maximum Gasteiger partial charge on any atom is 0.223 e. The second-order valence-corrected chi connectivity index (χ2v) is 8.33. The Bertz CT molecular complexity index is 764. The fourth-order valence-corrected chi connectivity index (χ4v) is 4.42. The number of alkyl halides is 1. The molecule has 26 heavy (non-hydrogen) atoms. The number of nitrogens with zero attached hydrogens (tertiary/aromatic N) is 4. The molecular weight excluding hydrogens is 333 g/mol. The lowest BCUT2D eigenvalue weighted by Gasteiger charge is -2.42. The number of amides is 1. The van der Waals surface area contributed by atoms with E-state index in [2.05, 4.69) is 26.3 Å². The number of aromatic nitrogens is 2. The minimum Gasteiger partial charge on any atom is -0.356 e. The third-order valence-corrected chi connectivity index (χ3v) is 6.06. The fraction of sp³-hybridized carbons (Fsp3) is 0.684. The number of halogens is 1. The summed E-state index contributed by atoms with van der Waals surface area (Å²) in [6.07, 6.45) is 2.34. The van der Waals surface area contributed by atoms with E-state index in [9.17, 15) is 9.18 Å². The molecule has 1 N–H and O–H groups in total. The lowest BCUT2D eigenvalue weighted by atomic mass is 9.71. The summed E-state index contributed by atoms with van der Waals surface area (Å²) in [6.45, 7) is 5.57. The number of rotatable bonds is 5. The highest BCUT2D eigenvalue weighted by molar-refractivity contribution is 5.80. The molecule has 3 aliphatic rings. The smallest absolute Gasteiger partial charge is 0.223 e. The van der Waals surface area contributed by atoms with Crippen molar-refractivity contribution in [2.75, 3.05) is 18.0 Å². The Balaban J connectivity index is 1.21. The zero-order chi connectivity index (χ0) is 18.5. The van der Waals surface area contributed by atoms with Crippen molar-refractivity contribution in [3.63, 3.8) is 0 Å². The minimum atomic E-state index is -0.670. The monoisotopic (exact) mass is 357 g/mol. The predicted octanol–water partition coefficient (Wildman–Crippen LogP) is 2.13. The van der Waals surface area contributed by atoms with Gasteiger partial charge in [-0.1, -0.05) is 0 Å². The third-order valence-electron chi connectivity index (χ3n) is 6.06. The standard InChI is InChI=1S/C19H24FN5O/c1-11(22-18(26)14-5-19(6-14)7-16(19)20)3-13-9-25(10-13)17-4-15(8-21)23-12(2)24-17/h4,11,13-14,16H,3,5-7,9-10H2,1-2H3,(H,22,26). The molecule has 2 atom stereocenters.